The molecule has 0 N–H and O–H groups in total. The number of aryl methyl sites for hydroxylation is 1. The molecule has 0 unspecified atom stereocenters. The molecular formula is C11H13N3O5S. The number of ether oxygens (including phenoxy) is 1. The summed E-state index contributed by atoms with van der Waals surface area (Å²) in [6.07, 6.45) is 1.16. The number of methoxy groups -OCH3 is 1. The lowest BCUT2D eigenvalue weighted by Gasteiger charge is -2.04. The normalized spacial score (nSPS) is 11.6. The summed E-state index contributed by atoms with van der Waals surface area (Å²) in [5.41, 5.74) is 0.644. The first-order chi connectivity index (χ1) is 9.35. The van der Waals surface area contributed by atoms with E-state index in [1.165, 1.54) is 24.8 Å². The number of esters is 1. The molecule has 2 heterocycles. The van der Waals surface area contributed by atoms with Crippen molar-refractivity contribution in [2.75, 3.05) is 7.11 Å². The highest BCUT2D eigenvalue weighted by atomic mass is 32.2. The molecule has 2 aromatic heterocycles. The molecular weight excluding hydrogens is 286 g/mol. The first kappa shape index (κ1) is 14.3. The number of sulfone groups is 1. The molecule has 0 fully saturated rings. The van der Waals surface area contributed by atoms with Gasteiger partial charge in [-0.15, -0.1) is 0 Å². The first-order valence-electron chi connectivity index (χ1n) is 5.60. The summed E-state index contributed by atoms with van der Waals surface area (Å²) in [5, 5.41) is 3.39. The summed E-state index contributed by atoms with van der Waals surface area (Å²) < 4.78 is 35.1. The maximum absolute atomic E-state index is 12.2. The second-order valence-corrected chi connectivity index (χ2v) is 6.05. The molecule has 0 atom stereocenters. The average molecular weight is 299 g/mol. The number of imidazole rings is 1. The fourth-order valence-electron chi connectivity index (χ4n) is 1.71. The highest BCUT2D eigenvalue weighted by Crippen LogP contribution is 2.17. The van der Waals surface area contributed by atoms with E-state index in [1.54, 1.807) is 6.92 Å². The molecule has 0 radical (unpaired) electrons. The summed E-state index contributed by atoms with van der Waals surface area (Å²) in [7, 11) is -1.10. The average Bonchev–Trinajstić information content (AvgIpc) is 2.94. The molecule has 0 aliphatic carbocycles. The van der Waals surface area contributed by atoms with Crippen LogP contribution in [0.5, 0.6) is 0 Å². The van der Waals surface area contributed by atoms with Gasteiger partial charge in [-0.1, -0.05) is 5.16 Å². The molecule has 20 heavy (non-hydrogen) atoms. The largest absolute Gasteiger partial charge is 0.464 e. The summed E-state index contributed by atoms with van der Waals surface area (Å²) in [6, 6.07) is 1.53. The number of rotatable bonds is 4. The highest BCUT2D eigenvalue weighted by Gasteiger charge is 2.26. The number of carbonyl (C=O) groups excluding carboxylic acids is 1. The molecule has 2 rings (SSSR count). The Morgan fingerprint density at radius 1 is 1.50 bits per heavy atom. The Balaban J connectivity index is 2.35. The molecule has 0 bridgehead atoms. The van der Waals surface area contributed by atoms with Gasteiger partial charge in [0.05, 0.1) is 19.0 Å². The maximum Gasteiger partial charge on any atom is 0.356 e. The number of carbonyl (C=O) groups is 1. The molecule has 0 saturated carbocycles. The molecule has 0 aromatic carbocycles. The third-order valence-corrected chi connectivity index (χ3v) is 4.23. The van der Waals surface area contributed by atoms with Crippen molar-refractivity contribution in [3.63, 3.8) is 0 Å². The summed E-state index contributed by atoms with van der Waals surface area (Å²) >= 11 is 0. The van der Waals surface area contributed by atoms with Crippen molar-refractivity contribution in [1.29, 1.82) is 0 Å². The molecule has 108 valence electrons. The van der Waals surface area contributed by atoms with Crippen molar-refractivity contribution in [3.05, 3.63) is 29.4 Å². The fraction of sp³-hybridized carbons (Fsp3) is 0.364. The van der Waals surface area contributed by atoms with Crippen LogP contribution in [-0.2, 0) is 27.4 Å². The van der Waals surface area contributed by atoms with Crippen molar-refractivity contribution in [2.24, 2.45) is 7.05 Å². The molecule has 9 heteroatoms. The van der Waals surface area contributed by atoms with Crippen LogP contribution in [0.25, 0.3) is 0 Å². The number of aromatic nitrogens is 3. The van der Waals surface area contributed by atoms with Crippen LogP contribution in [0.3, 0.4) is 0 Å². The standard InChI is InChI=1S/C11H13N3O5S/c1-7-4-8(19-13-7)6-20(16,17)11-12-5-9(14(11)2)10(15)18-3/h4-5H,6H2,1-3H3. The molecule has 0 saturated heterocycles. The van der Waals surface area contributed by atoms with E-state index in [2.05, 4.69) is 14.9 Å². The lowest BCUT2D eigenvalue weighted by Crippen LogP contribution is -2.14. The Kier molecular flexibility index (Phi) is 3.62. The predicted molar refractivity (Wildman–Crippen MR) is 66.7 cm³/mol. The second-order valence-electron chi connectivity index (χ2n) is 4.17. The van der Waals surface area contributed by atoms with Gasteiger partial charge in [0.2, 0.25) is 15.0 Å². The topological polar surface area (TPSA) is 104 Å². The maximum atomic E-state index is 12.2. The van der Waals surface area contributed by atoms with Gasteiger partial charge in [-0.05, 0) is 6.92 Å². The number of hydrogen-bond donors (Lipinski definition) is 0. The van der Waals surface area contributed by atoms with E-state index in [1.807, 2.05) is 0 Å². The molecule has 0 aliphatic heterocycles. The van der Waals surface area contributed by atoms with Gasteiger partial charge in [0.25, 0.3) is 0 Å². The SMILES string of the molecule is COC(=O)c1cnc(S(=O)(=O)Cc2cc(C)no2)n1C. The van der Waals surface area contributed by atoms with Crippen molar-refractivity contribution in [1.82, 2.24) is 14.7 Å². The van der Waals surface area contributed by atoms with E-state index in [4.69, 9.17) is 4.52 Å². The zero-order valence-electron chi connectivity index (χ0n) is 11.2. The fourth-order valence-corrected chi connectivity index (χ4v) is 3.08. The monoisotopic (exact) mass is 299 g/mol. The highest BCUT2D eigenvalue weighted by molar-refractivity contribution is 7.90. The van der Waals surface area contributed by atoms with Crippen LogP contribution in [0, 0.1) is 6.92 Å². The van der Waals surface area contributed by atoms with Crippen LogP contribution in [0.1, 0.15) is 21.9 Å². The van der Waals surface area contributed by atoms with Gasteiger partial charge in [0.1, 0.15) is 11.4 Å². The van der Waals surface area contributed by atoms with Gasteiger partial charge in [0, 0.05) is 13.1 Å². The van der Waals surface area contributed by atoms with Crippen LogP contribution < -0.4 is 0 Å². The zero-order valence-corrected chi connectivity index (χ0v) is 12.0. The summed E-state index contributed by atoms with van der Waals surface area (Å²) in [4.78, 5) is 15.2. The number of hydrogen-bond acceptors (Lipinski definition) is 7. The minimum absolute atomic E-state index is 0.0554. The van der Waals surface area contributed by atoms with Crippen LogP contribution in [0.2, 0.25) is 0 Å². The van der Waals surface area contributed by atoms with Gasteiger partial charge in [-0.25, -0.2) is 18.2 Å². The van der Waals surface area contributed by atoms with Gasteiger partial charge >= 0.3 is 5.97 Å². The Bertz CT molecular complexity index is 744. The van der Waals surface area contributed by atoms with Crippen LogP contribution in [0.4, 0.5) is 0 Å². The third kappa shape index (κ3) is 2.57. The minimum atomic E-state index is -3.74. The Morgan fingerprint density at radius 3 is 2.75 bits per heavy atom. The smallest absolute Gasteiger partial charge is 0.356 e. The summed E-state index contributed by atoms with van der Waals surface area (Å²) in [6.45, 7) is 1.69. The molecule has 0 amide bonds. The Labute approximate surface area is 115 Å². The van der Waals surface area contributed by atoms with Gasteiger partial charge in [0.15, 0.2) is 5.76 Å². The van der Waals surface area contributed by atoms with E-state index >= 15 is 0 Å². The number of nitrogens with zero attached hydrogens (tertiary/aromatic N) is 3. The van der Waals surface area contributed by atoms with Gasteiger partial charge in [-0.3, -0.25) is 0 Å². The second kappa shape index (κ2) is 5.08. The summed E-state index contributed by atoms with van der Waals surface area (Å²) in [5.74, 6) is -0.818. The van der Waals surface area contributed by atoms with Crippen LogP contribution >= 0.6 is 0 Å². The molecule has 0 aliphatic rings. The van der Waals surface area contributed by atoms with Crippen molar-refractivity contribution >= 4 is 15.8 Å². The van der Waals surface area contributed by atoms with Crippen molar-refractivity contribution in [3.8, 4) is 0 Å². The van der Waals surface area contributed by atoms with E-state index in [0.717, 1.165) is 6.20 Å². The zero-order chi connectivity index (χ0) is 14.9. The lowest BCUT2D eigenvalue weighted by molar-refractivity contribution is 0.0589. The van der Waals surface area contributed by atoms with Crippen LogP contribution in [-0.4, -0.2) is 36.2 Å². The Morgan fingerprint density at radius 2 is 2.20 bits per heavy atom. The third-order valence-electron chi connectivity index (χ3n) is 2.63. The predicted octanol–water partition coefficient (Wildman–Crippen LogP) is 0.477. The van der Waals surface area contributed by atoms with E-state index in [9.17, 15) is 13.2 Å². The Hall–Kier alpha value is -2.16. The van der Waals surface area contributed by atoms with Gasteiger partial charge < -0.3 is 13.8 Å². The minimum Gasteiger partial charge on any atom is -0.464 e. The molecule has 8 nitrogen and oxygen atoms in total. The molecule has 2 aromatic rings. The first-order valence-corrected chi connectivity index (χ1v) is 7.25. The van der Waals surface area contributed by atoms with E-state index in [-0.39, 0.29) is 22.4 Å². The van der Waals surface area contributed by atoms with Crippen LogP contribution in [0.15, 0.2) is 21.9 Å². The van der Waals surface area contributed by atoms with Crippen molar-refractivity contribution in [2.45, 2.75) is 17.8 Å². The molecule has 0 spiro atoms. The quantitative estimate of drug-likeness (QED) is 0.756. The lowest BCUT2D eigenvalue weighted by atomic mass is 10.4. The van der Waals surface area contributed by atoms with Crippen molar-refractivity contribution < 1.29 is 22.5 Å². The van der Waals surface area contributed by atoms with E-state index in [0.29, 0.717) is 5.69 Å². The van der Waals surface area contributed by atoms with Gasteiger partial charge in [-0.2, -0.15) is 0 Å². The van der Waals surface area contributed by atoms with E-state index < -0.39 is 15.8 Å².